The summed E-state index contributed by atoms with van der Waals surface area (Å²) in [5, 5.41) is 13.6. The predicted molar refractivity (Wildman–Crippen MR) is 104 cm³/mol. The second kappa shape index (κ2) is 7.65. The minimum atomic E-state index is -0.601. The Balaban J connectivity index is 2.28. The lowest BCUT2D eigenvalue weighted by atomic mass is 10.1. The second-order valence-corrected chi connectivity index (χ2v) is 6.53. The maximum atomic E-state index is 14.1. The fourth-order valence-corrected chi connectivity index (χ4v) is 3.27. The molecule has 0 aliphatic carbocycles. The second-order valence-electron chi connectivity index (χ2n) is 5.36. The van der Waals surface area contributed by atoms with Gasteiger partial charge in [0, 0.05) is 17.5 Å². The van der Waals surface area contributed by atoms with Crippen molar-refractivity contribution in [2.24, 2.45) is 0 Å². The maximum Gasteiger partial charge on any atom is 0.167 e. The van der Waals surface area contributed by atoms with Crippen LogP contribution in [0.25, 0.3) is 10.9 Å². The summed E-state index contributed by atoms with van der Waals surface area (Å²) in [6.45, 7) is 0. The molecule has 5 nitrogen and oxygen atoms in total. The Morgan fingerprint density at radius 1 is 1.04 bits per heavy atom. The summed E-state index contributed by atoms with van der Waals surface area (Å²) in [6, 6.07) is 7.68. The van der Waals surface area contributed by atoms with Gasteiger partial charge in [-0.25, -0.2) is 9.37 Å². The molecular formula is C18H11Cl3FN3O2. The number of anilines is 2. The maximum absolute atomic E-state index is 14.1. The van der Waals surface area contributed by atoms with Gasteiger partial charge in [-0.3, -0.25) is 0 Å². The number of ether oxygens (including phenoxy) is 2. The van der Waals surface area contributed by atoms with E-state index in [4.69, 9.17) is 44.3 Å². The van der Waals surface area contributed by atoms with Crippen molar-refractivity contribution in [3.8, 4) is 17.6 Å². The van der Waals surface area contributed by atoms with Gasteiger partial charge in [-0.05, 0) is 12.1 Å². The van der Waals surface area contributed by atoms with Crippen molar-refractivity contribution in [3.63, 3.8) is 0 Å². The fourth-order valence-electron chi connectivity index (χ4n) is 2.54. The van der Waals surface area contributed by atoms with Crippen LogP contribution in [0.4, 0.5) is 15.8 Å². The first-order valence-electron chi connectivity index (χ1n) is 7.46. The molecule has 9 heteroatoms. The van der Waals surface area contributed by atoms with Crippen LogP contribution in [0.15, 0.2) is 24.3 Å². The molecule has 0 aliphatic heterocycles. The third kappa shape index (κ3) is 3.54. The van der Waals surface area contributed by atoms with Crippen LogP contribution in [0.3, 0.4) is 0 Å². The Morgan fingerprint density at radius 2 is 1.74 bits per heavy atom. The van der Waals surface area contributed by atoms with Gasteiger partial charge in [0.1, 0.15) is 22.5 Å². The number of pyridine rings is 1. The van der Waals surface area contributed by atoms with Gasteiger partial charge in [-0.15, -0.1) is 0 Å². The number of aromatic nitrogens is 1. The minimum absolute atomic E-state index is 0.00153. The normalized spacial score (nSPS) is 10.6. The van der Waals surface area contributed by atoms with Crippen molar-refractivity contribution in [3.05, 3.63) is 50.8 Å². The molecule has 1 aromatic heterocycles. The molecule has 0 bridgehead atoms. The fraction of sp³-hybridized carbons (Fsp3) is 0.111. The number of benzene rings is 2. The van der Waals surface area contributed by atoms with Crippen LogP contribution in [-0.2, 0) is 0 Å². The summed E-state index contributed by atoms with van der Waals surface area (Å²) in [6.07, 6.45) is 0. The Kier molecular flexibility index (Phi) is 5.47. The summed E-state index contributed by atoms with van der Waals surface area (Å²) in [4.78, 5) is 4.08. The Bertz CT molecular complexity index is 1100. The van der Waals surface area contributed by atoms with E-state index in [1.54, 1.807) is 6.07 Å². The topological polar surface area (TPSA) is 67.2 Å². The number of halogens is 4. The molecule has 138 valence electrons. The van der Waals surface area contributed by atoms with E-state index in [0.717, 1.165) is 0 Å². The van der Waals surface area contributed by atoms with Crippen LogP contribution in [-0.4, -0.2) is 19.2 Å². The number of hydrogen-bond donors (Lipinski definition) is 1. The van der Waals surface area contributed by atoms with E-state index in [0.29, 0.717) is 32.6 Å². The molecule has 1 N–H and O–H groups in total. The smallest absolute Gasteiger partial charge is 0.167 e. The van der Waals surface area contributed by atoms with Crippen LogP contribution >= 0.6 is 34.8 Å². The highest BCUT2D eigenvalue weighted by Gasteiger charge is 2.18. The van der Waals surface area contributed by atoms with Gasteiger partial charge in [0.15, 0.2) is 11.6 Å². The number of hydrogen-bond acceptors (Lipinski definition) is 5. The van der Waals surface area contributed by atoms with Crippen molar-refractivity contribution in [2.45, 2.75) is 0 Å². The average molecular weight is 427 g/mol. The van der Waals surface area contributed by atoms with Crippen LogP contribution in [0.1, 0.15) is 5.56 Å². The SMILES string of the molecule is COc1cc2c(Nc3cc(OC)c(Cl)cc3Cl)c(C#N)c(Cl)nc2cc1F. The molecule has 2 aromatic carbocycles. The molecule has 0 unspecified atom stereocenters. The summed E-state index contributed by atoms with van der Waals surface area (Å²) in [5.41, 5.74) is 1.04. The lowest BCUT2D eigenvalue weighted by Crippen LogP contribution is -2.00. The molecule has 27 heavy (non-hydrogen) atoms. The Morgan fingerprint density at radius 3 is 2.37 bits per heavy atom. The molecular weight excluding hydrogens is 416 g/mol. The molecule has 0 atom stereocenters. The first-order chi connectivity index (χ1) is 12.9. The van der Waals surface area contributed by atoms with Crippen molar-refractivity contribution in [1.29, 1.82) is 5.26 Å². The van der Waals surface area contributed by atoms with Crippen LogP contribution in [0.5, 0.6) is 11.5 Å². The molecule has 0 spiro atoms. The van der Waals surface area contributed by atoms with E-state index < -0.39 is 5.82 Å². The van der Waals surface area contributed by atoms with E-state index in [9.17, 15) is 9.65 Å². The Labute approximate surface area is 169 Å². The lowest BCUT2D eigenvalue weighted by molar-refractivity contribution is 0.387. The third-order valence-electron chi connectivity index (χ3n) is 3.83. The highest BCUT2D eigenvalue weighted by Crippen LogP contribution is 2.40. The van der Waals surface area contributed by atoms with Gasteiger partial charge >= 0.3 is 0 Å². The van der Waals surface area contributed by atoms with Gasteiger partial charge in [0.2, 0.25) is 0 Å². The zero-order valence-corrected chi connectivity index (χ0v) is 16.3. The first kappa shape index (κ1) is 19.3. The van der Waals surface area contributed by atoms with E-state index in [1.165, 1.54) is 32.4 Å². The minimum Gasteiger partial charge on any atom is -0.495 e. The summed E-state index contributed by atoms with van der Waals surface area (Å²) in [5.74, 6) is -0.219. The summed E-state index contributed by atoms with van der Waals surface area (Å²) in [7, 11) is 2.80. The quantitative estimate of drug-likeness (QED) is 0.521. The molecule has 3 rings (SSSR count). The third-order valence-corrected chi connectivity index (χ3v) is 4.71. The molecule has 0 saturated carbocycles. The van der Waals surface area contributed by atoms with Crippen molar-refractivity contribution >= 4 is 57.1 Å². The summed E-state index contributed by atoms with van der Waals surface area (Å²) < 4.78 is 24.3. The summed E-state index contributed by atoms with van der Waals surface area (Å²) >= 11 is 18.4. The highest BCUT2D eigenvalue weighted by atomic mass is 35.5. The molecule has 3 aromatic rings. The number of rotatable bonds is 4. The average Bonchev–Trinajstić information content (AvgIpc) is 2.63. The first-order valence-corrected chi connectivity index (χ1v) is 8.59. The highest BCUT2D eigenvalue weighted by molar-refractivity contribution is 6.37. The van der Waals surface area contributed by atoms with Crippen LogP contribution in [0, 0.1) is 17.1 Å². The predicted octanol–water partition coefficient (Wildman–Crippen LogP) is 5.97. The van der Waals surface area contributed by atoms with E-state index in [2.05, 4.69) is 10.3 Å². The standard InChI is InChI=1S/C18H11Cl3FN3O2/c1-26-15-6-14(10(19)4-11(15)20)24-17-8-3-16(27-2)12(22)5-13(8)25-18(21)9(17)7-23/h3-6H,1-2H3,(H,24,25). The molecule has 0 aliphatic rings. The van der Waals surface area contributed by atoms with Gasteiger partial charge in [-0.2, -0.15) is 5.26 Å². The number of fused-ring (bicyclic) bond motifs is 1. The zero-order valence-electron chi connectivity index (χ0n) is 14.0. The van der Waals surface area contributed by atoms with Gasteiger partial charge < -0.3 is 14.8 Å². The van der Waals surface area contributed by atoms with Crippen molar-refractivity contribution in [1.82, 2.24) is 4.98 Å². The lowest BCUT2D eigenvalue weighted by Gasteiger charge is -2.16. The van der Waals surface area contributed by atoms with E-state index >= 15 is 0 Å². The molecule has 0 radical (unpaired) electrons. The molecule has 1 heterocycles. The van der Waals surface area contributed by atoms with Crippen molar-refractivity contribution < 1.29 is 13.9 Å². The zero-order chi connectivity index (χ0) is 19.7. The molecule has 0 fully saturated rings. The van der Waals surface area contributed by atoms with Crippen LogP contribution < -0.4 is 14.8 Å². The van der Waals surface area contributed by atoms with E-state index in [1.807, 2.05) is 6.07 Å². The monoisotopic (exact) mass is 425 g/mol. The van der Waals surface area contributed by atoms with Gasteiger partial charge in [0.05, 0.1) is 41.2 Å². The van der Waals surface area contributed by atoms with E-state index in [-0.39, 0.29) is 22.0 Å². The number of methoxy groups -OCH3 is 2. The number of nitriles is 1. The Hall–Kier alpha value is -2.46. The van der Waals surface area contributed by atoms with Gasteiger partial charge in [-0.1, -0.05) is 34.8 Å². The number of nitrogens with zero attached hydrogens (tertiary/aromatic N) is 2. The van der Waals surface area contributed by atoms with Crippen LogP contribution in [0.2, 0.25) is 15.2 Å². The number of nitrogens with one attached hydrogen (secondary N) is 1. The molecule has 0 saturated heterocycles. The largest absolute Gasteiger partial charge is 0.495 e. The van der Waals surface area contributed by atoms with Crippen molar-refractivity contribution in [2.75, 3.05) is 19.5 Å². The van der Waals surface area contributed by atoms with Gasteiger partial charge in [0.25, 0.3) is 0 Å². The molecule has 0 amide bonds.